The Morgan fingerprint density at radius 2 is 2.06 bits per heavy atom. The maximum atomic E-state index is 3.69. The summed E-state index contributed by atoms with van der Waals surface area (Å²) in [5.74, 6) is 2.00. The fourth-order valence-corrected chi connectivity index (χ4v) is 3.61. The molecule has 18 heavy (non-hydrogen) atoms. The number of hydrogen-bond donors (Lipinski definition) is 1. The first-order chi connectivity index (χ1) is 8.70. The predicted molar refractivity (Wildman–Crippen MR) is 83.7 cm³/mol. The summed E-state index contributed by atoms with van der Waals surface area (Å²) in [6, 6.07) is 9.67. The van der Waals surface area contributed by atoms with Crippen molar-refractivity contribution >= 4 is 17.4 Å². The third-order valence-electron chi connectivity index (χ3n) is 4.05. The molecular weight excluding hydrogens is 238 g/mol. The molecule has 1 nitrogen and oxygen atoms in total. The van der Waals surface area contributed by atoms with Gasteiger partial charge in [0, 0.05) is 17.0 Å². The minimum Gasteiger partial charge on any atom is -0.381 e. The summed E-state index contributed by atoms with van der Waals surface area (Å²) in [7, 11) is 0. The SMILES string of the molecule is CCC(C)c1ccc(NC2CCCSC2C)cc1. The number of thioether (sulfide) groups is 1. The lowest BCUT2D eigenvalue weighted by atomic mass is 9.98. The monoisotopic (exact) mass is 263 g/mol. The van der Waals surface area contributed by atoms with Crippen molar-refractivity contribution in [1.29, 1.82) is 0 Å². The zero-order chi connectivity index (χ0) is 13.0. The molecule has 0 aliphatic carbocycles. The van der Waals surface area contributed by atoms with Crippen LogP contribution in [-0.2, 0) is 0 Å². The van der Waals surface area contributed by atoms with Gasteiger partial charge in [-0.25, -0.2) is 0 Å². The van der Waals surface area contributed by atoms with Crippen LogP contribution in [0.4, 0.5) is 5.69 Å². The summed E-state index contributed by atoms with van der Waals surface area (Å²) in [5.41, 5.74) is 2.73. The van der Waals surface area contributed by atoms with Crippen LogP contribution in [0.1, 0.15) is 51.5 Å². The van der Waals surface area contributed by atoms with Crippen molar-refractivity contribution in [2.75, 3.05) is 11.1 Å². The lowest BCUT2D eigenvalue weighted by molar-refractivity contribution is 0.617. The first-order valence-electron chi connectivity index (χ1n) is 7.18. The zero-order valence-electron chi connectivity index (χ0n) is 11.8. The number of hydrogen-bond acceptors (Lipinski definition) is 2. The Kier molecular flexibility index (Phi) is 4.99. The van der Waals surface area contributed by atoms with Crippen molar-refractivity contribution in [3.8, 4) is 0 Å². The lowest BCUT2D eigenvalue weighted by Gasteiger charge is -2.30. The molecule has 2 heteroatoms. The topological polar surface area (TPSA) is 12.0 Å². The standard InChI is InChI=1S/C16H25NS/c1-4-12(2)14-7-9-15(10-8-14)17-16-6-5-11-18-13(16)3/h7-10,12-13,16-17H,4-6,11H2,1-3H3. The average molecular weight is 263 g/mol. The van der Waals surface area contributed by atoms with Gasteiger partial charge >= 0.3 is 0 Å². The zero-order valence-corrected chi connectivity index (χ0v) is 12.6. The van der Waals surface area contributed by atoms with E-state index < -0.39 is 0 Å². The quantitative estimate of drug-likeness (QED) is 0.829. The van der Waals surface area contributed by atoms with Gasteiger partial charge in [0.2, 0.25) is 0 Å². The molecule has 1 fully saturated rings. The Balaban J connectivity index is 1.97. The van der Waals surface area contributed by atoms with Gasteiger partial charge in [0.15, 0.2) is 0 Å². The smallest absolute Gasteiger partial charge is 0.0377 e. The molecule has 1 saturated heterocycles. The summed E-state index contributed by atoms with van der Waals surface area (Å²) in [5, 5.41) is 4.42. The van der Waals surface area contributed by atoms with E-state index in [9.17, 15) is 0 Å². The van der Waals surface area contributed by atoms with E-state index in [2.05, 4.69) is 62.1 Å². The van der Waals surface area contributed by atoms with E-state index in [-0.39, 0.29) is 0 Å². The normalized spacial score (nSPS) is 25.7. The highest BCUT2D eigenvalue weighted by atomic mass is 32.2. The highest BCUT2D eigenvalue weighted by Gasteiger charge is 2.21. The summed E-state index contributed by atoms with van der Waals surface area (Å²) in [6.45, 7) is 6.88. The minimum atomic E-state index is 0.637. The van der Waals surface area contributed by atoms with Crippen LogP contribution in [-0.4, -0.2) is 17.0 Å². The van der Waals surface area contributed by atoms with Gasteiger partial charge in [-0.2, -0.15) is 11.8 Å². The van der Waals surface area contributed by atoms with Gasteiger partial charge in [-0.05, 0) is 48.6 Å². The molecule has 0 spiro atoms. The van der Waals surface area contributed by atoms with Gasteiger partial charge in [0.25, 0.3) is 0 Å². The van der Waals surface area contributed by atoms with Crippen LogP contribution in [0.2, 0.25) is 0 Å². The van der Waals surface area contributed by atoms with Crippen molar-refractivity contribution in [2.45, 2.75) is 57.2 Å². The second kappa shape index (κ2) is 6.51. The molecule has 100 valence electrons. The molecule has 3 unspecified atom stereocenters. The Hall–Kier alpha value is -0.630. The Morgan fingerprint density at radius 3 is 2.67 bits per heavy atom. The molecule has 1 aromatic carbocycles. The van der Waals surface area contributed by atoms with Crippen LogP contribution in [0.25, 0.3) is 0 Å². The van der Waals surface area contributed by atoms with Crippen molar-refractivity contribution in [3.05, 3.63) is 29.8 Å². The molecular formula is C16H25NS. The maximum Gasteiger partial charge on any atom is 0.0377 e. The fraction of sp³-hybridized carbons (Fsp3) is 0.625. The molecule has 0 saturated carbocycles. The molecule has 1 N–H and O–H groups in total. The summed E-state index contributed by atoms with van der Waals surface area (Å²) >= 11 is 2.09. The first-order valence-corrected chi connectivity index (χ1v) is 8.23. The van der Waals surface area contributed by atoms with Crippen molar-refractivity contribution in [1.82, 2.24) is 0 Å². The molecule has 0 radical (unpaired) electrons. The van der Waals surface area contributed by atoms with Crippen LogP contribution in [0.15, 0.2) is 24.3 Å². The van der Waals surface area contributed by atoms with Crippen molar-refractivity contribution < 1.29 is 0 Å². The predicted octanol–water partition coefficient (Wildman–Crippen LogP) is 4.90. The van der Waals surface area contributed by atoms with Gasteiger partial charge in [-0.3, -0.25) is 0 Å². The van der Waals surface area contributed by atoms with E-state index in [4.69, 9.17) is 0 Å². The van der Waals surface area contributed by atoms with Crippen LogP contribution in [0.5, 0.6) is 0 Å². The maximum absolute atomic E-state index is 3.69. The van der Waals surface area contributed by atoms with E-state index in [1.165, 1.54) is 36.3 Å². The van der Waals surface area contributed by atoms with Crippen LogP contribution < -0.4 is 5.32 Å². The first kappa shape index (κ1) is 13.8. The molecule has 1 aliphatic rings. The molecule has 1 heterocycles. The molecule has 3 atom stereocenters. The van der Waals surface area contributed by atoms with E-state index in [1.54, 1.807) is 0 Å². The van der Waals surface area contributed by atoms with Crippen molar-refractivity contribution in [2.24, 2.45) is 0 Å². The van der Waals surface area contributed by atoms with Gasteiger partial charge in [0.1, 0.15) is 0 Å². The average Bonchev–Trinajstić information content (AvgIpc) is 2.41. The molecule has 1 aliphatic heterocycles. The van der Waals surface area contributed by atoms with Crippen LogP contribution in [0, 0.1) is 0 Å². The Morgan fingerprint density at radius 1 is 1.33 bits per heavy atom. The van der Waals surface area contributed by atoms with E-state index in [0.717, 1.165) is 5.25 Å². The highest BCUT2D eigenvalue weighted by Crippen LogP contribution is 2.28. The van der Waals surface area contributed by atoms with Gasteiger partial charge in [-0.15, -0.1) is 0 Å². The largest absolute Gasteiger partial charge is 0.381 e. The number of nitrogens with one attached hydrogen (secondary N) is 1. The Bertz CT molecular complexity index is 360. The number of rotatable bonds is 4. The Labute approximate surface area is 116 Å². The number of benzene rings is 1. The van der Waals surface area contributed by atoms with E-state index >= 15 is 0 Å². The third kappa shape index (κ3) is 3.44. The van der Waals surface area contributed by atoms with Gasteiger partial charge in [-0.1, -0.05) is 32.9 Å². The number of anilines is 1. The molecule has 1 aromatic rings. The fourth-order valence-electron chi connectivity index (χ4n) is 2.47. The molecule has 0 aromatic heterocycles. The lowest BCUT2D eigenvalue weighted by Crippen LogP contribution is -2.32. The van der Waals surface area contributed by atoms with Crippen molar-refractivity contribution in [3.63, 3.8) is 0 Å². The van der Waals surface area contributed by atoms with Crippen LogP contribution in [0.3, 0.4) is 0 Å². The van der Waals surface area contributed by atoms with Gasteiger partial charge < -0.3 is 5.32 Å². The molecule has 0 bridgehead atoms. The van der Waals surface area contributed by atoms with E-state index in [0.29, 0.717) is 12.0 Å². The minimum absolute atomic E-state index is 0.637. The van der Waals surface area contributed by atoms with Crippen LogP contribution >= 0.6 is 11.8 Å². The van der Waals surface area contributed by atoms with Gasteiger partial charge in [0.05, 0.1) is 0 Å². The second-order valence-electron chi connectivity index (χ2n) is 5.40. The summed E-state index contributed by atoms with van der Waals surface area (Å²) < 4.78 is 0. The molecule has 0 amide bonds. The molecule has 2 rings (SSSR count). The summed E-state index contributed by atoms with van der Waals surface area (Å²) in [4.78, 5) is 0. The second-order valence-corrected chi connectivity index (χ2v) is 6.89. The highest BCUT2D eigenvalue weighted by molar-refractivity contribution is 8.00. The van der Waals surface area contributed by atoms with E-state index in [1.807, 2.05) is 0 Å². The third-order valence-corrected chi connectivity index (χ3v) is 5.43. The summed E-state index contributed by atoms with van der Waals surface area (Å²) in [6.07, 6.45) is 3.86.